The second-order valence-corrected chi connectivity index (χ2v) is 4.96. The van der Waals surface area contributed by atoms with Crippen molar-refractivity contribution in [3.8, 4) is 5.75 Å². The van der Waals surface area contributed by atoms with E-state index < -0.39 is 5.82 Å². The Kier molecular flexibility index (Phi) is 4.09. The van der Waals surface area contributed by atoms with Crippen molar-refractivity contribution in [3.63, 3.8) is 0 Å². The van der Waals surface area contributed by atoms with Crippen molar-refractivity contribution in [1.29, 1.82) is 0 Å². The van der Waals surface area contributed by atoms with Gasteiger partial charge in [-0.15, -0.1) is 0 Å². The van der Waals surface area contributed by atoms with E-state index in [1.807, 2.05) is 12.1 Å². The molecule has 0 fully saturated rings. The van der Waals surface area contributed by atoms with Crippen LogP contribution in [0.4, 0.5) is 10.1 Å². The molecule has 0 aromatic heterocycles. The molecule has 0 radical (unpaired) electrons. The Labute approximate surface area is 118 Å². The van der Waals surface area contributed by atoms with Crippen molar-refractivity contribution >= 4 is 33.2 Å². The molecule has 0 heterocycles. The van der Waals surface area contributed by atoms with Crippen LogP contribution in [0.2, 0.25) is 5.02 Å². The predicted octanol–water partition coefficient (Wildman–Crippen LogP) is 4.40. The zero-order valence-electron chi connectivity index (χ0n) is 9.29. The Hall–Kier alpha value is -1.26. The predicted molar refractivity (Wildman–Crippen MR) is 74.3 cm³/mol. The molecule has 0 aliphatic heterocycles. The van der Waals surface area contributed by atoms with E-state index in [0.29, 0.717) is 5.69 Å². The largest absolute Gasteiger partial charge is 0.486 e. The number of ether oxygens (including phenoxy) is 1. The molecule has 0 saturated carbocycles. The molecule has 0 amide bonds. The molecule has 2 aromatic carbocycles. The number of hydrogen-bond donors (Lipinski definition) is 1. The molecule has 5 heteroatoms. The van der Waals surface area contributed by atoms with Gasteiger partial charge in [-0.1, -0.05) is 23.7 Å². The third-order valence-electron chi connectivity index (χ3n) is 2.37. The average Bonchev–Trinajstić information content (AvgIpc) is 2.35. The number of nitrogens with two attached hydrogens (primary N) is 1. The van der Waals surface area contributed by atoms with Crippen LogP contribution in [0.15, 0.2) is 40.9 Å². The maximum Gasteiger partial charge on any atom is 0.183 e. The lowest BCUT2D eigenvalue weighted by Gasteiger charge is -2.09. The van der Waals surface area contributed by atoms with E-state index in [1.54, 1.807) is 12.1 Å². The molecular weight excluding hydrogens is 321 g/mol. The van der Waals surface area contributed by atoms with Crippen LogP contribution >= 0.6 is 27.5 Å². The number of nitrogen functional groups attached to an aromatic ring is 1. The third-order valence-corrected chi connectivity index (χ3v) is 3.38. The summed E-state index contributed by atoms with van der Waals surface area (Å²) in [5.74, 6) is -0.423. The first-order valence-corrected chi connectivity index (χ1v) is 6.35. The molecule has 94 valence electrons. The van der Waals surface area contributed by atoms with Crippen LogP contribution in [-0.4, -0.2) is 0 Å². The van der Waals surface area contributed by atoms with Crippen LogP contribution < -0.4 is 10.5 Å². The van der Waals surface area contributed by atoms with Gasteiger partial charge >= 0.3 is 0 Å². The van der Waals surface area contributed by atoms with Gasteiger partial charge in [-0.2, -0.15) is 0 Å². The summed E-state index contributed by atoms with van der Waals surface area (Å²) >= 11 is 8.96. The van der Waals surface area contributed by atoms with E-state index in [4.69, 9.17) is 22.1 Å². The lowest BCUT2D eigenvalue weighted by atomic mass is 10.2. The molecule has 2 aromatic rings. The normalized spacial score (nSPS) is 10.4. The van der Waals surface area contributed by atoms with Gasteiger partial charge in [0.05, 0.1) is 5.02 Å². The van der Waals surface area contributed by atoms with E-state index >= 15 is 0 Å². The molecule has 0 aliphatic rings. The first kappa shape index (κ1) is 13.2. The molecule has 2 nitrogen and oxygen atoms in total. The van der Waals surface area contributed by atoms with Crippen LogP contribution in [0.3, 0.4) is 0 Å². The van der Waals surface area contributed by atoms with E-state index in [2.05, 4.69) is 15.9 Å². The summed E-state index contributed by atoms with van der Waals surface area (Å²) < 4.78 is 19.7. The summed E-state index contributed by atoms with van der Waals surface area (Å²) in [5.41, 5.74) is 7.22. The second kappa shape index (κ2) is 5.59. The summed E-state index contributed by atoms with van der Waals surface area (Å²) in [4.78, 5) is 0. The Bertz CT molecular complexity index is 577. The highest BCUT2D eigenvalue weighted by atomic mass is 79.9. The molecule has 0 aliphatic carbocycles. The van der Waals surface area contributed by atoms with E-state index in [9.17, 15) is 4.39 Å². The van der Waals surface area contributed by atoms with Crippen LogP contribution in [0, 0.1) is 5.82 Å². The van der Waals surface area contributed by atoms with Gasteiger partial charge < -0.3 is 10.5 Å². The molecule has 2 rings (SSSR count). The van der Waals surface area contributed by atoms with Crippen LogP contribution in [0.1, 0.15) is 5.56 Å². The maximum absolute atomic E-state index is 13.6. The van der Waals surface area contributed by atoms with Crippen molar-refractivity contribution in [2.75, 3.05) is 5.73 Å². The van der Waals surface area contributed by atoms with E-state index in [-0.39, 0.29) is 17.4 Å². The SMILES string of the molecule is Nc1cc(COc2cccc(Cl)c2F)ccc1Br. The summed E-state index contributed by atoms with van der Waals surface area (Å²) in [7, 11) is 0. The van der Waals surface area contributed by atoms with Gasteiger partial charge in [-0.05, 0) is 45.8 Å². The molecular formula is C13H10BrClFNO. The number of anilines is 1. The topological polar surface area (TPSA) is 35.2 Å². The molecule has 0 unspecified atom stereocenters. The van der Waals surface area contributed by atoms with Gasteiger partial charge in [0.15, 0.2) is 11.6 Å². The quantitative estimate of drug-likeness (QED) is 0.846. The standard InChI is InChI=1S/C13H10BrClFNO/c14-9-5-4-8(6-11(9)17)7-18-12-3-1-2-10(15)13(12)16/h1-6H,7,17H2. The van der Waals surface area contributed by atoms with Crippen LogP contribution in [-0.2, 0) is 6.61 Å². The minimum absolute atomic E-state index is 0.0443. The minimum atomic E-state index is -0.552. The summed E-state index contributed by atoms with van der Waals surface area (Å²) in [6, 6.07) is 10.1. The Morgan fingerprint density at radius 3 is 2.78 bits per heavy atom. The van der Waals surface area contributed by atoms with Crippen LogP contribution in [0.5, 0.6) is 5.75 Å². The lowest BCUT2D eigenvalue weighted by molar-refractivity contribution is 0.290. The highest BCUT2D eigenvalue weighted by molar-refractivity contribution is 9.10. The molecule has 0 atom stereocenters. The number of rotatable bonds is 3. The van der Waals surface area contributed by atoms with E-state index in [0.717, 1.165) is 10.0 Å². The summed E-state index contributed by atoms with van der Waals surface area (Å²) in [6.07, 6.45) is 0. The maximum atomic E-state index is 13.6. The van der Waals surface area contributed by atoms with Gasteiger partial charge in [0.1, 0.15) is 6.61 Å². The Balaban J connectivity index is 2.11. The highest BCUT2D eigenvalue weighted by Gasteiger charge is 2.07. The van der Waals surface area contributed by atoms with Crippen molar-refractivity contribution in [2.24, 2.45) is 0 Å². The van der Waals surface area contributed by atoms with E-state index in [1.165, 1.54) is 12.1 Å². The zero-order valence-corrected chi connectivity index (χ0v) is 11.6. The number of halogens is 3. The summed E-state index contributed by atoms with van der Waals surface area (Å²) in [5, 5.41) is 0.0443. The smallest absolute Gasteiger partial charge is 0.183 e. The Morgan fingerprint density at radius 2 is 2.06 bits per heavy atom. The Morgan fingerprint density at radius 1 is 1.28 bits per heavy atom. The van der Waals surface area contributed by atoms with Crippen molar-refractivity contribution in [2.45, 2.75) is 6.61 Å². The zero-order chi connectivity index (χ0) is 13.1. The fraction of sp³-hybridized carbons (Fsp3) is 0.0769. The first-order chi connectivity index (χ1) is 8.58. The first-order valence-electron chi connectivity index (χ1n) is 5.18. The lowest BCUT2D eigenvalue weighted by Crippen LogP contribution is -1.99. The molecule has 0 spiro atoms. The van der Waals surface area contributed by atoms with Crippen molar-refractivity contribution in [1.82, 2.24) is 0 Å². The molecule has 0 saturated heterocycles. The van der Waals surface area contributed by atoms with Gasteiger partial charge in [-0.25, -0.2) is 4.39 Å². The second-order valence-electron chi connectivity index (χ2n) is 3.70. The molecule has 0 bridgehead atoms. The van der Waals surface area contributed by atoms with Gasteiger partial charge in [0.25, 0.3) is 0 Å². The van der Waals surface area contributed by atoms with Gasteiger partial charge in [-0.3, -0.25) is 0 Å². The summed E-state index contributed by atoms with van der Waals surface area (Å²) in [6.45, 7) is 0.231. The minimum Gasteiger partial charge on any atom is -0.486 e. The third kappa shape index (κ3) is 2.94. The van der Waals surface area contributed by atoms with Crippen molar-refractivity contribution in [3.05, 3.63) is 57.3 Å². The number of hydrogen-bond acceptors (Lipinski definition) is 2. The van der Waals surface area contributed by atoms with Crippen LogP contribution in [0.25, 0.3) is 0 Å². The highest BCUT2D eigenvalue weighted by Crippen LogP contribution is 2.26. The van der Waals surface area contributed by atoms with Crippen molar-refractivity contribution < 1.29 is 9.13 Å². The average molecular weight is 331 g/mol. The fourth-order valence-electron chi connectivity index (χ4n) is 1.44. The van der Waals surface area contributed by atoms with Gasteiger partial charge in [0, 0.05) is 10.2 Å². The molecule has 2 N–H and O–H groups in total. The van der Waals surface area contributed by atoms with Gasteiger partial charge in [0.2, 0.25) is 0 Å². The number of benzene rings is 2. The monoisotopic (exact) mass is 329 g/mol. The molecule has 18 heavy (non-hydrogen) atoms. The fourth-order valence-corrected chi connectivity index (χ4v) is 1.85.